The van der Waals surface area contributed by atoms with Gasteiger partial charge in [0.1, 0.15) is 0 Å². The zero-order chi connectivity index (χ0) is 11.1. The van der Waals surface area contributed by atoms with Crippen LogP contribution in [0.4, 0.5) is 0 Å². The average molecular weight is 224 g/mol. The highest BCUT2D eigenvalue weighted by molar-refractivity contribution is 7.09. The zero-order valence-corrected chi connectivity index (χ0v) is 9.81. The fourth-order valence-electron chi connectivity index (χ4n) is 1.11. The SMILES string of the molecule is C=C(Cc1cccs1)C(=O)OCCCC. The van der Waals surface area contributed by atoms with Gasteiger partial charge in [-0.3, -0.25) is 0 Å². The molecule has 1 heterocycles. The van der Waals surface area contributed by atoms with Crippen molar-refractivity contribution in [3.63, 3.8) is 0 Å². The van der Waals surface area contributed by atoms with Crippen molar-refractivity contribution >= 4 is 17.3 Å². The minimum absolute atomic E-state index is 0.267. The lowest BCUT2D eigenvalue weighted by atomic mass is 10.2. The van der Waals surface area contributed by atoms with Crippen LogP contribution >= 0.6 is 11.3 Å². The molecular formula is C12H16O2S. The van der Waals surface area contributed by atoms with Crippen LogP contribution in [-0.2, 0) is 16.0 Å². The van der Waals surface area contributed by atoms with Crippen LogP contribution in [0.3, 0.4) is 0 Å². The molecule has 0 N–H and O–H groups in total. The highest BCUT2D eigenvalue weighted by Crippen LogP contribution is 2.13. The van der Waals surface area contributed by atoms with Gasteiger partial charge in [0.05, 0.1) is 6.61 Å². The lowest BCUT2D eigenvalue weighted by molar-refractivity contribution is -0.139. The summed E-state index contributed by atoms with van der Waals surface area (Å²) >= 11 is 1.63. The van der Waals surface area contributed by atoms with Gasteiger partial charge >= 0.3 is 5.97 Å². The molecule has 1 aromatic rings. The summed E-state index contributed by atoms with van der Waals surface area (Å²) < 4.78 is 5.06. The molecule has 15 heavy (non-hydrogen) atoms. The first kappa shape index (κ1) is 12.0. The van der Waals surface area contributed by atoms with Crippen LogP contribution in [0.2, 0.25) is 0 Å². The quantitative estimate of drug-likeness (QED) is 0.421. The summed E-state index contributed by atoms with van der Waals surface area (Å²) in [5.41, 5.74) is 0.536. The van der Waals surface area contributed by atoms with Gasteiger partial charge in [-0.15, -0.1) is 11.3 Å². The van der Waals surface area contributed by atoms with E-state index in [1.165, 1.54) is 0 Å². The van der Waals surface area contributed by atoms with Gasteiger partial charge in [-0.25, -0.2) is 4.79 Å². The molecule has 0 saturated heterocycles. The van der Waals surface area contributed by atoms with Gasteiger partial charge < -0.3 is 4.74 Å². The average Bonchev–Trinajstić information content (AvgIpc) is 2.70. The second kappa shape index (κ2) is 6.40. The minimum atomic E-state index is -0.267. The van der Waals surface area contributed by atoms with Crippen molar-refractivity contribution in [3.05, 3.63) is 34.5 Å². The molecule has 0 radical (unpaired) electrons. The molecule has 0 fully saturated rings. The van der Waals surface area contributed by atoms with E-state index in [1.807, 2.05) is 17.5 Å². The van der Waals surface area contributed by atoms with E-state index in [-0.39, 0.29) is 5.97 Å². The van der Waals surface area contributed by atoms with Gasteiger partial charge in [0.25, 0.3) is 0 Å². The normalized spacial score (nSPS) is 9.93. The molecule has 1 aromatic heterocycles. The Morgan fingerprint density at radius 1 is 1.60 bits per heavy atom. The third-order valence-corrected chi connectivity index (χ3v) is 2.86. The van der Waals surface area contributed by atoms with E-state index >= 15 is 0 Å². The van der Waals surface area contributed by atoms with Crippen molar-refractivity contribution in [1.29, 1.82) is 0 Å². The lowest BCUT2D eigenvalue weighted by Gasteiger charge is -2.05. The summed E-state index contributed by atoms with van der Waals surface area (Å²) in [6.45, 7) is 6.30. The maximum atomic E-state index is 11.4. The lowest BCUT2D eigenvalue weighted by Crippen LogP contribution is -2.09. The van der Waals surface area contributed by atoms with Crippen LogP contribution in [0.15, 0.2) is 29.7 Å². The van der Waals surface area contributed by atoms with Crippen LogP contribution in [0.1, 0.15) is 24.6 Å². The molecule has 0 saturated carbocycles. The van der Waals surface area contributed by atoms with Crippen LogP contribution < -0.4 is 0 Å². The Kier molecular flexibility index (Phi) is 5.12. The molecule has 2 nitrogen and oxygen atoms in total. The molecule has 1 rings (SSSR count). The van der Waals surface area contributed by atoms with Crippen LogP contribution in [0.5, 0.6) is 0 Å². The Balaban J connectivity index is 2.30. The predicted molar refractivity (Wildman–Crippen MR) is 63.0 cm³/mol. The summed E-state index contributed by atoms with van der Waals surface area (Å²) in [6.07, 6.45) is 2.55. The van der Waals surface area contributed by atoms with E-state index in [0.717, 1.165) is 17.7 Å². The maximum absolute atomic E-state index is 11.4. The molecule has 0 amide bonds. The minimum Gasteiger partial charge on any atom is -0.462 e. The third-order valence-electron chi connectivity index (χ3n) is 1.99. The largest absolute Gasteiger partial charge is 0.462 e. The molecule has 3 heteroatoms. The second-order valence-corrected chi connectivity index (χ2v) is 4.38. The number of hydrogen-bond acceptors (Lipinski definition) is 3. The van der Waals surface area contributed by atoms with Gasteiger partial charge in [0.15, 0.2) is 0 Å². The standard InChI is InChI=1S/C12H16O2S/c1-3-4-7-14-12(13)10(2)9-11-6-5-8-15-11/h5-6,8H,2-4,7,9H2,1H3. The summed E-state index contributed by atoms with van der Waals surface area (Å²) in [5.74, 6) is -0.267. The van der Waals surface area contributed by atoms with E-state index < -0.39 is 0 Å². The monoisotopic (exact) mass is 224 g/mol. The predicted octanol–water partition coefficient (Wildman–Crippen LogP) is 3.19. The van der Waals surface area contributed by atoms with Crippen molar-refractivity contribution in [1.82, 2.24) is 0 Å². The van der Waals surface area contributed by atoms with E-state index in [0.29, 0.717) is 18.6 Å². The van der Waals surface area contributed by atoms with Crippen LogP contribution in [0, 0.1) is 0 Å². The molecule has 0 aliphatic rings. The Labute approximate surface area is 94.6 Å². The van der Waals surface area contributed by atoms with Crippen LogP contribution in [-0.4, -0.2) is 12.6 Å². The molecule has 0 aliphatic carbocycles. The second-order valence-electron chi connectivity index (χ2n) is 3.35. The number of unbranched alkanes of at least 4 members (excludes halogenated alkanes) is 1. The smallest absolute Gasteiger partial charge is 0.333 e. The van der Waals surface area contributed by atoms with E-state index in [1.54, 1.807) is 11.3 Å². The van der Waals surface area contributed by atoms with Crippen molar-refractivity contribution in [3.8, 4) is 0 Å². The number of hydrogen-bond donors (Lipinski definition) is 0. The number of thiophene rings is 1. The number of carbonyl (C=O) groups excluding carboxylic acids is 1. The van der Waals surface area contributed by atoms with Crippen molar-refractivity contribution in [2.75, 3.05) is 6.61 Å². The fourth-order valence-corrected chi connectivity index (χ4v) is 1.85. The van der Waals surface area contributed by atoms with E-state index in [4.69, 9.17) is 4.74 Å². The van der Waals surface area contributed by atoms with Gasteiger partial charge in [-0.1, -0.05) is 26.0 Å². The van der Waals surface area contributed by atoms with Crippen molar-refractivity contribution in [2.24, 2.45) is 0 Å². The fraction of sp³-hybridized carbons (Fsp3) is 0.417. The molecule has 0 unspecified atom stereocenters. The van der Waals surface area contributed by atoms with Crippen molar-refractivity contribution < 1.29 is 9.53 Å². The summed E-state index contributed by atoms with van der Waals surface area (Å²) in [4.78, 5) is 12.6. The summed E-state index contributed by atoms with van der Waals surface area (Å²) in [5, 5.41) is 1.99. The molecule has 0 atom stereocenters. The van der Waals surface area contributed by atoms with E-state index in [2.05, 4.69) is 13.5 Å². The molecule has 82 valence electrons. The maximum Gasteiger partial charge on any atom is 0.333 e. The summed E-state index contributed by atoms with van der Waals surface area (Å²) in [6, 6.07) is 3.96. The topological polar surface area (TPSA) is 26.3 Å². The first-order valence-corrected chi connectivity index (χ1v) is 5.99. The first-order chi connectivity index (χ1) is 7.24. The Morgan fingerprint density at radius 3 is 3.00 bits per heavy atom. The number of esters is 1. The van der Waals surface area contributed by atoms with Gasteiger partial charge in [-0.05, 0) is 17.9 Å². The Morgan fingerprint density at radius 2 is 2.40 bits per heavy atom. The Hall–Kier alpha value is -1.09. The molecular weight excluding hydrogens is 208 g/mol. The Bertz CT molecular complexity index is 314. The molecule has 0 spiro atoms. The number of rotatable bonds is 6. The molecule has 0 aliphatic heterocycles. The van der Waals surface area contributed by atoms with E-state index in [9.17, 15) is 4.79 Å². The number of ether oxygens (including phenoxy) is 1. The zero-order valence-electron chi connectivity index (χ0n) is 8.99. The number of carbonyl (C=O) groups is 1. The highest BCUT2D eigenvalue weighted by atomic mass is 32.1. The third kappa shape index (κ3) is 4.30. The summed E-state index contributed by atoms with van der Waals surface area (Å²) in [7, 11) is 0. The molecule has 0 bridgehead atoms. The van der Waals surface area contributed by atoms with Crippen molar-refractivity contribution in [2.45, 2.75) is 26.2 Å². The first-order valence-electron chi connectivity index (χ1n) is 5.11. The molecule has 0 aromatic carbocycles. The van der Waals surface area contributed by atoms with Gasteiger partial charge in [0.2, 0.25) is 0 Å². The van der Waals surface area contributed by atoms with Crippen LogP contribution in [0.25, 0.3) is 0 Å². The van der Waals surface area contributed by atoms with Gasteiger partial charge in [0, 0.05) is 16.9 Å². The highest BCUT2D eigenvalue weighted by Gasteiger charge is 2.09. The van der Waals surface area contributed by atoms with Gasteiger partial charge in [-0.2, -0.15) is 0 Å².